The summed E-state index contributed by atoms with van der Waals surface area (Å²) in [6.45, 7) is 2.15. The van der Waals surface area contributed by atoms with Gasteiger partial charge in [0.05, 0.1) is 0 Å². The van der Waals surface area contributed by atoms with E-state index < -0.39 is 0 Å². The third-order valence-corrected chi connectivity index (χ3v) is 4.67. The van der Waals surface area contributed by atoms with Gasteiger partial charge in [0.25, 0.3) is 0 Å². The van der Waals surface area contributed by atoms with Gasteiger partial charge in [0.2, 0.25) is 0 Å². The van der Waals surface area contributed by atoms with Gasteiger partial charge in [-0.3, -0.25) is 4.98 Å². The molecule has 1 aliphatic carbocycles. The lowest BCUT2D eigenvalue weighted by molar-refractivity contribution is 0.438. The lowest BCUT2D eigenvalue weighted by Gasteiger charge is -2.27. The van der Waals surface area contributed by atoms with E-state index in [-0.39, 0.29) is 0 Å². The summed E-state index contributed by atoms with van der Waals surface area (Å²) in [5.41, 5.74) is 4.28. The standard InChI is InChI=1S/C18H22N2/c1-14-7-6-12-20-16(14)13-17(19-2)18(10-11-18)15-8-4-3-5-9-15/h3-9,12,17,19H,10-11,13H2,1-2H3. The number of aromatic nitrogens is 1. The molecular weight excluding hydrogens is 244 g/mol. The Morgan fingerprint density at radius 1 is 1.15 bits per heavy atom. The van der Waals surface area contributed by atoms with E-state index in [2.05, 4.69) is 60.7 Å². The molecule has 3 rings (SSSR count). The molecule has 0 radical (unpaired) electrons. The molecule has 2 heteroatoms. The lowest BCUT2D eigenvalue weighted by atomic mass is 9.85. The summed E-state index contributed by atoms with van der Waals surface area (Å²) >= 11 is 0. The highest BCUT2D eigenvalue weighted by atomic mass is 14.9. The number of aryl methyl sites for hydroxylation is 1. The molecule has 104 valence electrons. The number of nitrogens with zero attached hydrogens (tertiary/aromatic N) is 1. The molecule has 1 saturated carbocycles. The number of pyridine rings is 1. The molecule has 1 aliphatic rings. The van der Waals surface area contributed by atoms with Crippen molar-refractivity contribution in [2.45, 2.75) is 37.6 Å². The molecule has 0 saturated heterocycles. The SMILES string of the molecule is CNC(Cc1ncccc1C)C1(c2ccccc2)CC1. The van der Waals surface area contributed by atoms with E-state index in [9.17, 15) is 0 Å². The summed E-state index contributed by atoms with van der Waals surface area (Å²) in [6.07, 6.45) is 5.44. The van der Waals surface area contributed by atoms with Crippen LogP contribution in [0.3, 0.4) is 0 Å². The molecule has 20 heavy (non-hydrogen) atoms. The average Bonchev–Trinajstić information content (AvgIpc) is 3.29. The highest BCUT2D eigenvalue weighted by molar-refractivity contribution is 5.35. The van der Waals surface area contributed by atoms with Gasteiger partial charge in [0.1, 0.15) is 0 Å². The second kappa shape index (κ2) is 5.37. The van der Waals surface area contributed by atoms with Gasteiger partial charge < -0.3 is 5.32 Å². The van der Waals surface area contributed by atoms with Crippen molar-refractivity contribution in [1.82, 2.24) is 10.3 Å². The Bertz CT molecular complexity index is 573. The Labute approximate surface area is 121 Å². The minimum Gasteiger partial charge on any atom is -0.316 e. The van der Waals surface area contributed by atoms with Crippen molar-refractivity contribution in [3.05, 3.63) is 65.5 Å². The van der Waals surface area contributed by atoms with Crippen LogP contribution in [0.1, 0.15) is 29.7 Å². The maximum absolute atomic E-state index is 4.56. The van der Waals surface area contributed by atoms with E-state index in [0.717, 1.165) is 6.42 Å². The molecule has 1 aromatic heterocycles. The smallest absolute Gasteiger partial charge is 0.0448 e. The largest absolute Gasteiger partial charge is 0.316 e. The normalized spacial score (nSPS) is 17.7. The van der Waals surface area contributed by atoms with Crippen LogP contribution >= 0.6 is 0 Å². The van der Waals surface area contributed by atoms with Crippen LogP contribution in [0.4, 0.5) is 0 Å². The van der Waals surface area contributed by atoms with Gasteiger partial charge in [-0.15, -0.1) is 0 Å². The summed E-state index contributed by atoms with van der Waals surface area (Å²) in [5, 5.41) is 3.54. The van der Waals surface area contributed by atoms with Crippen molar-refractivity contribution in [2.24, 2.45) is 0 Å². The van der Waals surface area contributed by atoms with E-state index in [1.807, 2.05) is 12.3 Å². The fraction of sp³-hybridized carbons (Fsp3) is 0.389. The molecule has 0 aliphatic heterocycles. The Balaban J connectivity index is 1.86. The Hall–Kier alpha value is -1.67. The van der Waals surface area contributed by atoms with E-state index in [1.54, 1.807) is 0 Å². The van der Waals surface area contributed by atoms with Crippen molar-refractivity contribution in [3.63, 3.8) is 0 Å². The van der Waals surface area contributed by atoms with Crippen molar-refractivity contribution >= 4 is 0 Å². The molecule has 1 atom stereocenters. The summed E-state index contributed by atoms with van der Waals surface area (Å²) in [5.74, 6) is 0. The summed E-state index contributed by atoms with van der Waals surface area (Å²) in [4.78, 5) is 4.56. The minimum atomic E-state index is 0.306. The zero-order chi connectivity index (χ0) is 14.0. The fourth-order valence-corrected chi connectivity index (χ4v) is 3.24. The van der Waals surface area contributed by atoms with Gasteiger partial charge in [0, 0.05) is 29.8 Å². The molecule has 1 aromatic carbocycles. The van der Waals surface area contributed by atoms with E-state index in [4.69, 9.17) is 0 Å². The first kappa shape index (κ1) is 13.3. The average molecular weight is 266 g/mol. The van der Waals surface area contributed by atoms with Gasteiger partial charge in [0.15, 0.2) is 0 Å². The van der Waals surface area contributed by atoms with E-state index in [0.29, 0.717) is 11.5 Å². The Kier molecular flexibility index (Phi) is 3.58. The third-order valence-electron chi connectivity index (χ3n) is 4.67. The van der Waals surface area contributed by atoms with Crippen LogP contribution in [0.5, 0.6) is 0 Å². The van der Waals surface area contributed by atoms with Crippen LogP contribution in [0.25, 0.3) is 0 Å². The predicted octanol–water partition coefficient (Wildman–Crippen LogP) is 3.25. The number of likely N-dealkylation sites (N-methyl/N-ethyl adjacent to an activating group) is 1. The van der Waals surface area contributed by atoms with Gasteiger partial charge >= 0.3 is 0 Å². The molecule has 2 aromatic rings. The predicted molar refractivity (Wildman–Crippen MR) is 82.9 cm³/mol. The highest BCUT2D eigenvalue weighted by Gasteiger charge is 2.50. The van der Waals surface area contributed by atoms with Crippen LogP contribution in [0.15, 0.2) is 48.7 Å². The maximum atomic E-state index is 4.56. The number of nitrogens with one attached hydrogen (secondary N) is 1. The van der Waals surface area contributed by atoms with Crippen LogP contribution in [0, 0.1) is 6.92 Å². The van der Waals surface area contributed by atoms with Crippen LogP contribution in [-0.4, -0.2) is 18.1 Å². The zero-order valence-electron chi connectivity index (χ0n) is 12.3. The third kappa shape index (κ3) is 2.36. The lowest BCUT2D eigenvalue weighted by Crippen LogP contribution is -2.40. The second-order valence-electron chi connectivity index (χ2n) is 5.83. The monoisotopic (exact) mass is 266 g/mol. The first-order valence-electron chi connectivity index (χ1n) is 7.39. The van der Waals surface area contributed by atoms with Gasteiger partial charge in [-0.1, -0.05) is 36.4 Å². The van der Waals surface area contributed by atoms with Crippen molar-refractivity contribution in [2.75, 3.05) is 7.05 Å². The van der Waals surface area contributed by atoms with Crippen molar-refractivity contribution in [1.29, 1.82) is 0 Å². The highest BCUT2D eigenvalue weighted by Crippen LogP contribution is 2.51. The van der Waals surface area contributed by atoms with Crippen LogP contribution in [-0.2, 0) is 11.8 Å². The van der Waals surface area contributed by atoms with E-state index >= 15 is 0 Å². The Morgan fingerprint density at radius 2 is 1.90 bits per heavy atom. The topological polar surface area (TPSA) is 24.9 Å². The van der Waals surface area contributed by atoms with Crippen molar-refractivity contribution < 1.29 is 0 Å². The molecular formula is C18H22N2. The number of benzene rings is 1. The molecule has 1 heterocycles. The first-order chi connectivity index (χ1) is 9.76. The van der Waals surface area contributed by atoms with Crippen molar-refractivity contribution in [3.8, 4) is 0 Å². The maximum Gasteiger partial charge on any atom is 0.0448 e. The van der Waals surface area contributed by atoms with Gasteiger partial charge in [-0.25, -0.2) is 0 Å². The minimum absolute atomic E-state index is 0.306. The molecule has 1 fully saturated rings. The summed E-state index contributed by atoms with van der Waals surface area (Å²) in [7, 11) is 2.08. The van der Waals surface area contributed by atoms with Crippen LogP contribution in [0.2, 0.25) is 0 Å². The quantitative estimate of drug-likeness (QED) is 0.898. The Morgan fingerprint density at radius 3 is 2.50 bits per heavy atom. The summed E-state index contributed by atoms with van der Waals surface area (Å²) < 4.78 is 0. The molecule has 1 N–H and O–H groups in total. The first-order valence-corrected chi connectivity index (χ1v) is 7.39. The fourth-order valence-electron chi connectivity index (χ4n) is 3.24. The number of rotatable bonds is 5. The van der Waals surface area contributed by atoms with E-state index in [1.165, 1.54) is 29.7 Å². The molecule has 0 spiro atoms. The molecule has 1 unspecified atom stereocenters. The molecule has 0 bridgehead atoms. The zero-order valence-corrected chi connectivity index (χ0v) is 12.3. The number of hydrogen-bond acceptors (Lipinski definition) is 2. The molecule has 2 nitrogen and oxygen atoms in total. The molecule has 0 amide bonds. The second-order valence-corrected chi connectivity index (χ2v) is 5.83. The van der Waals surface area contributed by atoms with Crippen LogP contribution < -0.4 is 5.32 Å². The number of hydrogen-bond donors (Lipinski definition) is 1. The van der Waals surface area contributed by atoms with Gasteiger partial charge in [-0.05, 0) is 44.0 Å². The summed E-state index contributed by atoms with van der Waals surface area (Å²) in [6, 6.07) is 15.5. The van der Waals surface area contributed by atoms with Gasteiger partial charge in [-0.2, -0.15) is 0 Å².